The molecule has 7 heteroatoms. The second-order valence-corrected chi connectivity index (χ2v) is 9.69. The van der Waals surface area contributed by atoms with Gasteiger partial charge in [-0.2, -0.15) is 0 Å². The number of amides is 1. The van der Waals surface area contributed by atoms with Crippen LogP contribution in [-0.4, -0.2) is 42.6 Å². The van der Waals surface area contributed by atoms with Gasteiger partial charge in [-0.15, -0.1) is 11.3 Å². The number of methoxy groups -OCH3 is 1. The van der Waals surface area contributed by atoms with Crippen molar-refractivity contribution in [3.8, 4) is 5.75 Å². The van der Waals surface area contributed by atoms with Gasteiger partial charge in [0.25, 0.3) is 0 Å². The quantitative estimate of drug-likeness (QED) is 0.605. The topological polar surface area (TPSA) is 58.6 Å². The summed E-state index contributed by atoms with van der Waals surface area (Å²) in [5.41, 5.74) is 3.46. The summed E-state index contributed by atoms with van der Waals surface area (Å²) in [7, 11) is 1.68. The number of thiophene rings is 1. The Morgan fingerprint density at radius 3 is 2.74 bits per heavy atom. The number of hydrogen-bond donors (Lipinski definition) is 0. The zero-order valence-corrected chi connectivity index (χ0v) is 19.2. The van der Waals surface area contributed by atoms with Gasteiger partial charge in [-0.05, 0) is 56.7 Å². The van der Waals surface area contributed by atoms with Gasteiger partial charge in [-0.1, -0.05) is 12.1 Å². The average Bonchev–Trinajstić information content (AvgIpc) is 3.11. The van der Waals surface area contributed by atoms with Crippen molar-refractivity contribution in [3.05, 3.63) is 40.5 Å². The molecule has 2 aliphatic rings. The molecule has 31 heavy (non-hydrogen) atoms. The first-order valence-corrected chi connectivity index (χ1v) is 11.8. The molecule has 0 N–H and O–H groups in total. The molecule has 1 amide bonds. The first-order chi connectivity index (χ1) is 15.1. The van der Waals surface area contributed by atoms with Gasteiger partial charge in [0.2, 0.25) is 5.91 Å². The third-order valence-corrected chi connectivity index (χ3v) is 7.87. The van der Waals surface area contributed by atoms with Crippen LogP contribution in [0.25, 0.3) is 10.2 Å². The van der Waals surface area contributed by atoms with E-state index in [0.717, 1.165) is 67.4 Å². The molecule has 0 unspecified atom stereocenters. The van der Waals surface area contributed by atoms with Crippen LogP contribution in [-0.2, 0) is 11.2 Å². The first kappa shape index (κ1) is 20.2. The van der Waals surface area contributed by atoms with E-state index in [1.54, 1.807) is 24.8 Å². The normalized spacial score (nSPS) is 17.1. The molecule has 6 nitrogen and oxygen atoms in total. The standard InChI is InChI=1S/C24H28N4O2S/c1-15-16(2)31-23-20(15)22(25-14-26-23)27-12-9-18(10-13-27)24(29)28-11-5-7-17-6-4-8-19(30-3)21(17)28/h4,6,8,14,18H,5,7,9-13H2,1-3H3. The molecule has 0 atom stereocenters. The largest absolute Gasteiger partial charge is 0.495 e. The third kappa shape index (κ3) is 3.45. The molecule has 2 aliphatic heterocycles. The Morgan fingerprint density at radius 1 is 1.16 bits per heavy atom. The molecule has 162 valence electrons. The first-order valence-electron chi connectivity index (χ1n) is 11.0. The molecule has 0 bridgehead atoms. The molecule has 3 aromatic rings. The van der Waals surface area contributed by atoms with Gasteiger partial charge in [0, 0.05) is 30.4 Å². The predicted octanol–water partition coefficient (Wildman–Crippen LogP) is 4.51. The van der Waals surface area contributed by atoms with Crippen LogP contribution in [0.4, 0.5) is 11.5 Å². The zero-order chi connectivity index (χ0) is 21.5. The van der Waals surface area contributed by atoms with Gasteiger partial charge in [-0.25, -0.2) is 9.97 Å². The van der Waals surface area contributed by atoms with E-state index in [1.165, 1.54) is 21.4 Å². The van der Waals surface area contributed by atoms with E-state index in [9.17, 15) is 4.79 Å². The van der Waals surface area contributed by atoms with E-state index in [2.05, 4.69) is 34.8 Å². The van der Waals surface area contributed by atoms with Gasteiger partial charge in [0.1, 0.15) is 22.7 Å². The second-order valence-electron chi connectivity index (χ2n) is 8.48. The number of ether oxygens (including phenoxy) is 1. The maximum atomic E-state index is 13.5. The van der Waals surface area contributed by atoms with Crippen molar-refractivity contribution in [1.82, 2.24) is 9.97 Å². The van der Waals surface area contributed by atoms with Crippen LogP contribution in [0.2, 0.25) is 0 Å². The van der Waals surface area contributed by atoms with Crippen molar-refractivity contribution < 1.29 is 9.53 Å². The Balaban J connectivity index is 1.35. The highest BCUT2D eigenvalue weighted by Gasteiger charge is 2.33. The van der Waals surface area contributed by atoms with Crippen molar-refractivity contribution in [2.75, 3.05) is 36.5 Å². The SMILES string of the molecule is COc1cccc2c1N(C(=O)C1CCN(c3ncnc4sc(C)c(C)c34)CC1)CCC2. The summed E-state index contributed by atoms with van der Waals surface area (Å²) < 4.78 is 5.59. The van der Waals surface area contributed by atoms with Gasteiger partial charge in [0.05, 0.1) is 18.2 Å². The molecule has 0 saturated carbocycles. The summed E-state index contributed by atoms with van der Waals surface area (Å²) in [6.07, 6.45) is 5.35. The number of fused-ring (bicyclic) bond motifs is 2. The summed E-state index contributed by atoms with van der Waals surface area (Å²) in [5.74, 6) is 2.09. The number of para-hydroxylation sites is 1. The van der Waals surface area contributed by atoms with Crippen LogP contribution in [0.3, 0.4) is 0 Å². The fourth-order valence-corrected chi connectivity index (χ4v) is 5.95. The lowest BCUT2D eigenvalue weighted by Crippen LogP contribution is -2.44. The molecule has 2 aromatic heterocycles. The van der Waals surface area contributed by atoms with Crippen LogP contribution in [0.15, 0.2) is 24.5 Å². The number of hydrogen-bond acceptors (Lipinski definition) is 6. The summed E-state index contributed by atoms with van der Waals surface area (Å²) in [5, 5.41) is 1.17. The molecule has 5 rings (SSSR count). The number of aromatic nitrogens is 2. The van der Waals surface area contributed by atoms with E-state index in [-0.39, 0.29) is 11.8 Å². The summed E-state index contributed by atoms with van der Waals surface area (Å²) in [6.45, 7) is 6.73. The molecule has 4 heterocycles. The lowest BCUT2D eigenvalue weighted by molar-refractivity contribution is -0.123. The van der Waals surface area contributed by atoms with Crippen molar-refractivity contribution in [3.63, 3.8) is 0 Å². The zero-order valence-electron chi connectivity index (χ0n) is 18.4. The smallest absolute Gasteiger partial charge is 0.230 e. The van der Waals surface area contributed by atoms with Crippen LogP contribution in [0.5, 0.6) is 5.75 Å². The molecule has 1 saturated heterocycles. The molecule has 1 aromatic carbocycles. The Bertz CT molecular complexity index is 1120. The van der Waals surface area contributed by atoms with Gasteiger partial charge in [0.15, 0.2) is 0 Å². The number of carbonyl (C=O) groups is 1. The highest BCUT2D eigenvalue weighted by Crippen LogP contribution is 2.39. The molecule has 0 aliphatic carbocycles. The van der Waals surface area contributed by atoms with Crippen LogP contribution in [0.1, 0.15) is 35.3 Å². The van der Waals surface area contributed by atoms with E-state index < -0.39 is 0 Å². The minimum Gasteiger partial charge on any atom is -0.495 e. The number of nitrogens with zero attached hydrogens (tertiary/aromatic N) is 4. The minimum absolute atomic E-state index is 0.0368. The minimum atomic E-state index is 0.0368. The highest BCUT2D eigenvalue weighted by atomic mass is 32.1. The summed E-state index contributed by atoms with van der Waals surface area (Å²) in [6, 6.07) is 6.09. The number of anilines is 2. The van der Waals surface area contributed by atoms with Gasteiger partial charge in [-0.3, -0.25) is 4.79 Å². The summed E-state index contributed by atoms with van der Waals surface area (Å²) >= 11 is 1.73. The number of aryl methyl sites for hydroxylation is 3. The maximum Gasteiger partial charge on any atom is 0.230 e. The van der Waals surface area contributed by atoms with Crippen molar-refractivity contribution in [1.29, 1.82) is 0 Å². The maximum absolute atomic E-state index is 13.5. The number of piperidine rings is 1. The van der Waals surface area contributed by atoms with E-state index in [1.807, 2.05) is 17.0 Å². The Hall–Kier alpha value is -2.67. The Morgan fingerprint density at radius 2 is 1.97 bits per heavy atom. The van der Waals surface area contributed by atoms with E-state index >= 15 is 0 Å². The highest BCUT2D eigenvalue weighted by molar-refractivity contribution is 7.18. The number of rotatable bonds is 3. The monoisotopic (exact) mass is 436 g/mol. The second kappa shape index (κ2) is 8.11. The van der Waals surface area contributed by atoms with Crippen molar-refractivity contribution >= 4 is 39.0 Å². The van der Waals surface area contributed by atoms with Crippen molar-refractivity contribution in [2.24, 2.45) is 5.92 Å². The third-order valence-electron chi connectivity index (χ3n) is 6.76. The summed E-state index contributed by atoms with van der Waals surface area (Å²) in [4.78, 5) is 29.3. The molecule has 0 radical (unpaired) electrons. The van der Waals surface area contributed by atoms with Crippen LogP contribution in [0, 0.1) is 19.8 Å². The van der Waals surface area contributed by atoms with Crippen LogP contribution >= 0.6 is 11.3 Å². The van der Waals surface area contributed by atoms with Gasteiger partial charge < -0.3 is 14.5 Å². The molecular weight excluding hydrogens is 408 g/mol. The number of carbonyl (C=O) groups excluding carboxylic acids is 1. The van der Waals surface area contributed by atoms with E-state index in [0.29, 0.717) is 0 Å². The molecular formula is C24H28N4O2S. The average molecular weight is 437 g/mol. The van der Waals surface area contributed by atoms with Crippen LogP contribution < -0.4 is 14.5 Å². The molecule has 0 spiro atoms. The lowest BCUT2D eigenvalue weighted by atomic mass is 9.92. The predicted molar refractivity (Wildman–Crippen MR) is 125 cm³/mol. The van der Waals surface area contributed by atoms with Gasteiger partial charge >= 0.3 is 0 Å². The Labute approximate surface area is 186 Å². The van der Waals surface area contributed by atoms with Crippen molar-refractivity contribution in [2.45, 2.75) is 39.5 Å². The fourth-order valence-electron chi connectivity index (χ4n) is 4.96. The lowest BCUT2D eigenvalue weighted by Gasteiger charge is -2.37. The fraction of sp³-hybridized carbons (Fsp3) is 0.458. The molecule has 1 fully saturated rings. The van der Waals surface area contributed by atoms with E-state index in [4.69, 9.17) is 4.74 Å². The number of benzene rings is 1. The Kier molecular flexibility index (Phi) is 5.30.